The Bertz CT molecular complexity index is 645. The van der Waals surface area contributed by atoms with Crippen molar-refractivity contribution in [2.75, 3.05) is 0 Å². The van der Waals surface area contributed by atoms with E-state index in [9.17, 15) is 0 Å². The summed E-state index contributed by atoms with van der Waals surface area (Å²) in [7, 11) is 0. The summed E-state index contributed by atoms with van der Waals surface area (Å²) in [6, 6.07) is 13.2. The maximum absolute atomic E-state index is 2.41. The van der Waals surface area contributed by atoms with E-state index in [-0.39, 0.29) is 0 Å². The number of aryl methyl sites for hydroxylation is 3. The van der Waals surface area contributed by atoms with E-state index in [1.54, 1.807) is 0 Å². The first kappa shape index (κ1) is 10.4. The number of aromatic nitrogens is 1. The Hall–Kier alpha value is -1.76. The molecule has 0 N–H and O–H groups in total. The molecular weight excluding hydrogens is 206 g/mol. The molecule has 1 nitrogen and oxygen atoms in total. The van der Waals surface area contributed by atoms with Crippen LogP contribution in [0.1, 0.15) is 18.1 Å². The van der Waals surface area contributed by atoms with Crippen LogP contribution in [0.25, 0.3) is 21.8 Å². The van der Waals surface area contributed by atoms with Gasteiger partial charge in [-0.3, -0.25) is 0 Å². The van der Waals surface area contributed by atoms with Gasteiger partial charge in [-0.25, -0.2) is 0 Å². The topological polar surface area (TPSA) is 4.93 Å². The zero-order valence-electron chi connectivity index (χ0n) is 10.6. The predicted molar refractivity (Wildman–Crippen MR) is 74.6 cm³/mol. The van der Waals surface area contributed by atoms with Gasteiger partial charge in [0.2, 0.25) is 0 Å². The van der Waals surface area contributed by atoms with E-state index in [2.05, 4.69) is 61.7 Å². The lowest BCUT2D eigenvalue weighted by atomic mass is 10.0. The van der Waals surface area contributed by atoms with Crippen LogP contribution in [-0.2, 0) is 6.54 Å². The second-order valence-corrected chi connectivity index (χ2v) is 4.68. The van der Waals surface area contributed by atoms with Gasteiger partial charge in [0.05, 0.1) is 0 Å². The summed E-state index contributed by atoms with van der Waals surface area (Å²) in [6.45, 7) is 7.64. The Balaban J connectivity index is 2.68. The fourth-order valence-electron chi connectivity index (χ4n) is 2.88. The zero-order valence-corrected chi connectivity index (χ0v) is 10.6. The van der Waals surface area contributed by atoms with Crippen LogP contribution in [0, 0.1) is 13.8 Å². The van der Waals surface area contributed by atoms with Crippen LogP contribution in [-0.4, -0.2) is 4.57 Å². The van der Waals surface area contributed by atoms with Crippen molar-refractivity contribution >= 4 is 21.8 Å². The van der Waals surface area contributed by atoms with Gasteiger partial charge in [0.25, 0.3) is 0 Å². The van der Waals surface area contributed by atoms with Crippen LogP contribution in [0.2, 0.25) is 0 Å². The molecule has 3 rings (SSSR count). The molecule has 0 atom stereocenters. The van der Waals surface area contributed by atoms with Gasteiger partial charge in [0.15, 0.2) is 0 Å². The predicted octanol–water partition coefficient (Wildman–Crippen LogP) is 4.43. The Kier molecular flexibility index (Phi) is 2.22. The van der Waals surface area contributed by atoms with Crippen molar-refractivity contribution in [3.05, 3.63) is 47.5 Å². The number of nitrogens with zero attached hydrogens (tertiary/aromatic N) is 1. The van der Waals surface area contributed by atoms with E-state index < -0.39 is 0 Å². The maximum Gasteiger partial charge on any atom is 0.0494 e. The second-order valence-electron chi connectivity index (χ2n) is 4.68. The molecule has 0 aliphatic carbocycles. The van der Waals surface area contributed by atoms with Gasteiger partial charge >= 0.3 is 0 Å². The Morgan fingerprint density at radius 3 is 1.71 bits per heavy atom. The highest BCUT2D eigenvalue weighted by Crippen LogP contribution is 2.33. The average molecular weight is 223 g/mol. The molecule has 0 radical (unpaired) electrons. The lowest BCUT2D eigenvalue weighted by molar-refractivity contribution is 0.827. The molecule has 3 aromatic rings. The Labute approximate surface area is 102 Å². The molecule has 0 bridgehead atoms. The summed E-state index contributed by atoms with van der Waals surface area (Å²) in [5.74, 6) is 0. The summed E-state index contributed by atoms with van der Waals surface area (Å²) in [4.78, 5) is 0. The standard InChI is InChI=1S/C16H17N/c1-4-17-13-9-5-7-11(2)15(13)16-12(3)8-6-10-14(16)17/h5-10H,4H2,1-3H3. The van der Waals surface area contributed by atoms with Crippen molar-refractivity contribution in [3.63, 3.8) is 0 Å². The van der Waals surface area contributed by atoms with E-state index in [0.29, 0.717) is 0 Å². The molecule has 0 aliphatic heterocycles. The van der Waals surface area contributed by atoms with Gasteiger partial charge < -0.3 is 4.57 Å². The van der Waals surface area contributed by atoms with E-state index in [4.69, 9.17) is 0 Å². The molecule has 0 fully saturated rings. The molecule has 0 saturated carbocycles. The SMILES string of the molecule is CCn1c2cccc(C)c2c2c(C)cccc21. The molecular formula is C16H17N. The first-order chi connectivity index (χ1) is 8.24. The molecule has 86 valence electrons. The smallest absolute Gasteiger partial charge is 0.0494 e. The lowest BCUT2D eigenvalue weighted by Gasteiger charge is -2.02. The van der Waals surface area contributed by atoms with Crippen molar-refractivity contribution < 1.29 is 0 Å². The van der Waals surface area contributed by atoms with Gasteiger partial charge in [-0.2, -0.15) is 0 Å². The lowest BCUT2D eigenvalue weighted by Crippen LogP contribution is -1.92. The molecule has 17 heavy (non-hydrogen) atoms. The minimum atomic E-state index is 1.02. The first-order valence-electron chi connectivity index (χ1n) is 6.21. The minimum absolute atomic E-state index is 1.02. The van der Waals surface area contributed by atoms with Crippen LogP contribution in [0.4, 0.5) is 0 Å². The van der Waals surface area contributed by atoms with Gasteiger partial charge in [-0.15, -0.1) is 0 Å². The summed E-state index contributed by atoms with van der Waals surface area (Å²) in [5, 5.41) is 2.84. The molecule has 0 amide bonds. The monoisotopic (exact) mass is 223 g/mol. The largest absolute Gasteiger partial charge is 0.341 e. The third-order valence-corrected chi connectivity index (χ3v) is 3.65. The fourth-order valence-corrected chi connectivity index (χ4v) is 2.88. The van der Waals surface area contributed by atoms with Crippen LogP contribution in [0.5, 0.6) is 0 Å². The third-order valence-electron chi connectivity index (χ3n) is 3.65. The zero-order chi connectivity index (χ0) is 12.0. The Morgan fingerprint density at radius 1 is 0.824 bits per heavy atom. The van der Waals surface area contributed by atoms with E-state index in [1.807, 2.05) is 0 Å². The van der Waals surface area contributed by atoms with Gasteiger partial charge in [0.1, 0.15) is 0 Å². The number of fused-ring (bicyclic) bond motifs is 3. The summed E-state index contributed by atoms with van der Waals surface area (Å²) in [5.41, 5.74) is 5.46. The molecule has 0 saturated heterocycles. The van der Waals surface area contributed by atoms with Crippen molar-refractivity contribution in [1.82, 2.24) is 4.57 Å². The van der Waals surface area contributed by atoms with Gasteiger partial charge in [0, 0.05) is 28.4 Å². The van der Waals surface area contributed by atoms with Crippen LogP contribution < -0.4 is 0 Å². The van der Waals surface area contributed by atoms with Crippen molar-refractivity contribution in [3.8, 4) is 0 Å². The van der Waals surface area contributed by atoms with E-state index >= 15 is 0 Å². The second kappa shape index (κ2) is 3.63. The van der Waals surface area contributed by atoms with Crippen LogP contribution in [0.3, 0.4) is 0 Å². The highest BCUT2D eigenvalue weighted by molar-refractivity contribution is 6.11. The van der Waals surface area contributed by atoms with Crippen LogP contribution in [0.15, 0.2) is 36.4 Å². The van der Waals surface area contributed by atoms with Gasteiger partial charge in [-0.05, 0) is 44.0 Å². The molecule has 0 unspecified atom stereocenters. The van der Waals surface area contributed by atoms with E-state index in [0.717, 1.165) is 6.54 Å². The molecule has 1 heteroatoms. The maximum atomic E-state index is 2.41. The Morgan fingerprint density at radius 2 is 1.29 bits per heavy atom. The number of hydrogen-bond acceptors (Lipinski definition) is 0. The fraction of sp³-hybridized carbons (Fsp3) is 0.250. The minimum Gasteiger partial charge on any atom is -0.341 e. The molecule has 0 spiro atoms. The highest BCUT2D eigenvalue weighted by Gasteiger charge is 2.12. The molecule has 0 aliphatic rings. The number of benzene rings is 2. The summed E-state index contributed by atoms with van der Waals surface area (Å²) < 4.78 is 2.41. The average Bonchev–Trinajstić information content (AvgIpc) is 2.65. The van der Waals surface area contributed by atoms with E-state index in [1.165, 1.54) is 32.9 Å². The van der Waals surface area contributed by atoms with Crippen molar-refractivity contribution in [1.29, 1.82) is 0 Å². The summed E-state index contributed by atoms with van der Waals surface area (Å²) >= 11 is 0. The molecule has 1 heterocycles. The molecule has 1 aromatic heterocycles. The molecule has 2 aromatic carbocycles. The highest BCUT2D eigenvalue weighted by atomic mass is 15.0. The third kappa shape index (κ3) is 1.32. The normalized spacial score (nSPS) is 11.5. The van der Waals surface area contributed by atoms with Crippen molar-refractivity contribution in [2.24, 2.45) is 0 Å². The number of rotatable bonds is 1. The first-order valence-corrected chi connectivity index (χ1v) is 6.21. The van der Waals surface area contributed by atoms with Gasteiger partial charge in [-0.1, -0.05) is 24.3 Å². The van der Waals surface area contributed by atoms with Crippen molar-refractivity contribution in [2.45, 2.75) is 27.3 Å². The summed E-state index contributed by atoms with van der Waals surface area (Å²) in [6.07, 6.45) is 0. The van der Waals surface area contributed by atoms with Crippen LogP contribution >= 0.6 is 0 Å². The number of hydrogen-bond donors (Lipinski definition) is 0. The quantitative estimate of drug-likeness (QED) is 0.575.